The molecule has 7 heteroatoms. The molecule has 0 radical (unpaired) electrons. The molecule has 0 bridgehead atoms. The summed E-state index contributed by atoms with van der Waals surface area (Å²) >= 11 is 1.39. The van der Waals surface area contributed by atoms with Crippen LogP contribution in [0.1, 0.15) is 32.8 Å². The van der Waals surface area contributed by atoms with Crippen molar-refractivity contribution in [3.8, 4) is 5.75 Å². The average Bonchev–Trinajstić information content (AvgIpc) is 3.00. The third-order valence-corrected chi connectivity index (χ3v) is 5.77. The number of hydrazone groups is 1. The van der Waals surface area contributed by atoms with Gasteiger partial charge in [-0.05, 0) is 41.0 Å². The van der Waals surface area contributed by atoms with Gasteiger partial charge in [0.15, 0.2) is 5.17 Å². The molecular weight excluding hydrogens is 350 g/mol. The van der Waals surface area contributed by atoms with E-state index in [1.54, 1.807) is 7.11 Å². The van der Waals surface area contributed by atoms with Crippen molar-refractivity contribution in [1.82, 2.24) is 10.3 Å². The lowest BCUT2D eigenvalue weighted by molar-refractivity contribution is -0.132. The Labute approximate surface area is 156 Å². The number of hydrogen-bond donors (Lipinski definition) is 1. The molecule has 26 heavy (non-hydrogen) atoms. The molecule has 0 aromatic heterocycles. The van der Waals surface area contributed by atoms with E-state index in [9.17, 15) is 9.59 Å². The number of hydrogen-bond acceptors (Lipinski definition) is 5. The molecule has 1 unspecified atom stereocenters. The highest BCUT2D eigenvalue weighted by Crippen LogP contribution is 2.48. The Hall–Kier alpha value is -2.54. The number of amides is 2. The van der Waals surface area contributed by atoms with Crippen molar-refractivity contribution in [1.29, 1.82) is 0 Å². The summed E-state index contributed by atoms with van der Waals surface area (Å²) in [5.41, 5.74) is 0.960. The van der Waals surface area contributed by atoms with Crippen LogP contribution in [0.25, 0.3) is 10.8 Å². The van der Waals surface area contributed by atoms with Crippen LogP contribution >= 0.6 is 11.8 Å². The number of nitrogens with zero attached hydrogens (tertiary/aromatic N) is 2. The van der Waals surface area contributed by atoms with Gasteiger partial charge in [0.2, 0.25) is 11.8 Å². The van der Waals surface area contributed by atoms with Crippen LogP contribution in [0.15, 0.2) is 41.5 Å². The monoisotopic (exact) mass is 371 g/mol. The average molecular weight is 371 g/mol. The molecule has 2 amide bonds. The van der Waals surface area contributed by atoms with Crippen LogP contribution in [0, 0.1) is 0 Å². The SMILES string of the molecule is CCC1(c2ccc3cc(OC)ccc3c2)SC(NC(C)=O)=NN1C(C)=O. The molecule has 6 nitrogen and oxygen atoms in total. The van der Waals surface area contributed by atoms with E-state index in [4.69, 9.17) is 4.74 Å². The van der Waals surface area contributed by atoms with Crippen molar-refractivity contribution in [2.45, 2.75) is 32.1 Å². The van der Waals surface area contributed by atoms with Gasteiger partial charge < -0.3 is 10.1 Å². The molecule has 2 aromatic rings. The Morgan fingerprint density at radius 1 is 1.19 bits per heavy atom. The highest BCUT2D eigenvalue weighted by molar-refractivity contribution is 8.14. The molecule has 1 heterocycles. The number of carbonyl (C=O) groups is 2. The fourth-order valence-electron chi connectivity index (χ4n) is 3.12. The fourth-order valence-corrected chi connectivity index (χ4v) is 4.40. The van der Waals surface area contributed by atoms with Crippen LogP contribution in [-0.2, 0) is 14.5 Å². The lowest BCUT2D eigenvalue weighted by atomic mass is 9.98. The van der Waals surface area contributed by atoms with Gasteiger partial charge in [0, 0.05) is 13.8 Å². The molecule has 3 rings (SSSR count). The number of nitrogens with one attached hydrogen (secondary N) is 1. The second kappa shape index (κ2) is 6.99. The Bertz CT molecular complexity index is 912. The van der Waals surface area contributed by atoms with Crippen LogP contribution in [0.4, 0.5) is 0 Å². The van der Waals surface area contributed by atoms with E-state index >= 15 is 0 Å². The summed E-state index contributed by atoms with van der Waals surface area (Å²) in [6, 6.07) is 12.0. The summed E-state index contributed by atoms with van der Waals surface area (Å²) in [6.07, 6.45) is 0.644. The molecule has 1 aliphatic rings. The zero-order valence-corrected chi connectivity index (χ0v) is 16.0. The number of carbonyl (C=O) groups excluding carboxylic acids is 2. The summed E-state index contributed by atoms with van der Waals surface area (Å²) in [5, 5.41) is 11.1. The summed E-state index contributed by atoms with van der Waals surface area (Å²) in [7, 11) is 1.64. The number of amidine groups is 1. The van der Waals surface area contributed by atoms with E-state index in [1.165, 1.54) is 30.6 Å². The summed E-state index contributed by atoms with van der Waals surface area (Å²) in [5.74, 6) is 0.416. The third kappa shape index (κ3) is 3.14. The second-order valence-electron chi connectivity index (χ2n) is 6.09. The van der Waals surface area contributed by atoms with Gasteiger partial charge in [0.05, 0.1) is 7.11 Å². The molecule has 2 aromatic carbocycles. The largest absolute Gasteiger partial charge is 0.497 e. The van der Waals surface area contributed by atoms with Crippen LogP contribution in [0.5, 0.6) is 5.75 Å². The number of thioether (sulfide) groups is 1. The quantitative estimate of drug-likeness (QED) is 0.897. The molecule has 0 fully saturated rings. The lowest BCUT2D eigenvalue weighted by Gasteiger charge is -2.34. The van der Waals surface area contributed by atoms with Gasteiger partial charge in [-0.1, -0.05) is 36.9 Å². The molecule has 0 saturated carbocycles. The molecule has 0 spiro atoms. The number of rotatable bonds is 3. The first kappa shape index (κ1) is 18.3. The van der Waals surface area contributed by atoms with Crippen LogP contribution < -0.4 is 10.1 Å². The zero-order chi connectivity index (χ0) is 18.9. The highest BCUT2D eigenvalue weighted by atomic mass is 32.2. The van der Waals surface area contributed by atoms with E-state index in [1.807, 2.05) is 37.3 Å². The Morgan fingerprint density at radius 3 is 2.50 bits per heavy atom. The van der Waals surface area contributed by atoms with Crippen molar-refractivity contribution in [3.05, 3.63) is 42.0 Å². The normalized spacial score (nSPS) is 19.4. The second-order valence-corrected chi connectivity index (χ2v) is 7.35. The Balaban J connectivity index is 2.07. The number of benzene rings is 2. The summed E-state index contributed by atoms with van der Waals surface area (Å²) in [6.45, 7) is 4.92. The first-order valence-electron chi connectivity index (χ1n) is 8.34. The van der Waals surface area contributed by atoms with Crippen LogP contribution in [-0.4, -0.2) is 29.1 Å². The van der Waals surface area contributed by atoms with Gasteiger partial charge in [-0.2, -0.15) is 0 Å². The molecule has 1 aliphatic heterocycles. The molecular formula is C19H21N3O3S. The third-order valence-electron chi connectivity index (χ3n) is 4.36. The van der Waals surface area contributed by atoms with Crippen molar-refractivity contribution in [2.24, 2.45) is 5.10 Å². The first-order valence-corrected chi connectivity index (χ1v) is 9.15. The maximum absolute atomic E-state index is 12.2. The minimum atomic E-state index is -0.683. The standard InChI is InChI=1S/C19H21N3O3S/c1-5-19(22(13(3)24)21-18(26-19)20-12(2)23)16-8-6-15-11-17(25-4)9-7-14(15)10-16/h6-11H,5H2,1-4H3,(H,20,21,23). The number of methoxy groups -OCH3 is 1. The zero-order valence-electron chi connectivity index (χ0n) is 15.2. The number of fused-ring (bicyclic) bond motifs is 1. The van der Waals surface area contributed by atoms with Gasteiger partial charge in [0.1, 0.15) is 10.6 Å². The van der Waals surface area contributed by atoms with E-state index in [0.29, 0.717) is 11.6 Å². The predicted octanol–water partition coefficient (Wildman–Crippen LogP) is 3.41. The maximum atomic E-state index is 12.2. The summed E-state index contributed by atoms with van der Waals surface area (Å²) < 4.78 is 5.28. The Kier molecular flexibility index (Phi) is 4.91. The van der Waals surface area contributed by atoms with Crippen molar-refractivity contribution >= 4 is 39.5 Å². The van der Waals surface area contributed by atoms with Gasteiger partial charge in [-0.3, -0.25) is 9.59 Å². The molecule has 136 valence electrons. The van der Waals surface area contributed by atoms with Crippen molar-refractivity contribution in [3.63, 3.8) is 0 Å². The van der Waals surface area contributed by atoms with Crippen molar-refractivity contribution in [2.75, 3.05) is 7.11 Å². The number of ether oxygens (including phenoxy) is 1. The van der Waals surface area contributed by atoms with Crippen LogP contribution in [0.3, 0.4) is 0 Å². The van der Waals surface area contributed by atoms with Crippen LogP contribution in [0.2, 0.25) is 0 Å². The van der Waals surface area contributed by atoms with Gasteiger partial charge in [0.25, 0.3) is 0 Å². The van der Waals surface area contributed by atoms with E-state index in [-0.39, 0.29) is 11.8 Å². The maximum Gasteiger partial charge on any atom is 0.241 e. The minimum Gasteiger partial charge on any atom is -0.497 e. The highest BCUT2D eigenvalue weighted by Gasteiger charge is 2.46. The molecule has 1 atom stereocenters. The summed E-state index contributed by atoms with van der Waals surface area (Å²) in [4.78, 5) is 23.0. The fraction of sp³-hybridized carbons (Fsp3) is 0.316. The molecule has 0 saturated heterocycles. The predicted molar refractivity (Wildman–Crippen MR) is 104 cm³/mol. The van der Waals surface area contributed by atoms with E-state index in [0.717, 1.165) is 22.1 Å². The van der Waals surface area contributed by atoms with Gasteiger partial charge >= 0.3 is 0 Å². The first-order chi connectivity index (χ1) is 12.4. The topological polar surface area (TPSA) is 71.0 Å². The van der Waals surface area contributed by atoms with E-state index in [2.05, 4.69) is 16.5 Å². The Morgan fingerprint density at radius 2 is 1.88 bits per heavy atom. The minimum absolute atomic E-state index is 0.172. The molecule has 0 aliphatic carbocycles. The van der Waals surface area contributed by atoms with Gasteiger partial charge in [-0.25, -0.2) is 5.01 Å². The lowest BCUT2D eigenvalue weighted by Crippen LogP contribution is -2.39. The van der Waals surface area contributed by atoms with Crippen molar-refractivity contribution < 1.29 is 14.3 Å². The van der Waals surface area contributed by atoms with E-state index < -0.39 is 4.87 Å². The smallest absolute Gasteiger partial charge is 0.241 e. The molecule has 1 N–H and O–H groups in total. The van der Waals surface area contributed by atoms with Gasteiger partial charge in [-0.15, -0.1) is 5.10 Å².